The lowest BCUT2D eigenvalue weighted by Crippen LogP contribution is -2.44. The highest BCUT2D eigenvalue weighted by atomic mass is 32.1. The van der Waals surface area contributed by atoms with E-state index in [0.29, 0.717) is 19.3 Å². The third kappa shape index (κ3) is 5.70. The number of nitriles is 1. The van der Waals surface area contributed by atoms with E-state index >= 15 is 0 Å². The number of allylic oxidation sites excluding steroid dienone is 2. The minimum absolute atomic E-state index is 0.0650. The summed E-state index contributed by atoms with van der Waals surface area (Å²) < 4.78 is 4.65. The van der Waals surface area contributed by atoms with Crippen molar-refractivity contribution in [3.05, 3.63) is 46.7 Å². The van der Waals surface area contributed by atoms with Crippen molar-refractivity contribution in [2.45, 2.75) is 75.4 Å². The summed E-state index contributed by atoms with van der Waals surface area (Å²) >= 11 is 1.72. The summed E-state index contributed by atoms with van der Waals surface area (Å²) in [4.78, 5) is 12.4. The second-order valence-corrected chi connectivity index (χ2v) is 10.1. The van der Waals surface area contributed by atoms with Crippen LogP contribution in [0.25, 0.3) is 0 Å². The molecule has 0 spiro atoms. The predicted octanol–water partition coefficient (Wildman–Crippen LogP) is 4.90. The van der Waals surface area contributed by atoms with E-state index < -0.39 is 12.2 Å². The third-order valence-electron chi connectivity index (χ3n) is 7.28. The number of unbranched alkanes of at least 4 members (excludes halogenated alkanes) is 1. The molecule has 0 aromatic carbocycles. The Morgan fingerprint density at radius 2 is 2.22 bits per heavy atom. The number of methoxy groups -OCH3 is 1. The SMILES string of the molecule is COC(=O)CCC/C=C\C[C@@H]1C(/C=C/CC(O)C2(c3cccs3)CCC2)[C@H](O)C[C@H]1C#N. The van der Waals surface area contributed by atoms with Gasteiger partial charge in [-0.25, -0.2) is 0 Å². The van der Waals surface area contributed by atoms with Crippen LogP contribution in [0.3, 0.4) is 0 Å². The Labute approximate surface area is 195 Å². The number of hydrogen-bond acceptors (Lipinski definition) is 6. The molecule has 6 heteroatoms. The van der Waals surface area contributed by atoms with E-state index in [0.717, 1.165) is 38.5 Å². The Balaban J connectivity index is 1.55. The molecule has 0 amide bonds. The van der Waals surface area contributed by atoms with Crippen molar-refractivity contribution >= 4 is 17.3 Å². The third-order valence-corrected chi connectivity index (χ3v) is 8.37. The number of nitrogens with zero attached hydrogens (tertiary/aromatic N) is 1. The fourth-order valence-electron chi connectivity index (χ4n) is 5.18. The summed E-state index contributed by atoms with van der Waals surface area (Å²) in [5, 5.41) is 33.2. The second-order valence-electron chi connectivity index (χ2n) is 9.12. The lowest BCUT2D eigenvalue weighted by Gasteiger charge is -2.45. The van der Waals surface area contributed by atoms with E-state index in [1.54, 1.807) is 11.3 Å². The number of hydrogen-bond donors (Lipinski definition) is 2. The maximum Gasteiger partial charge on any atom is 0.305 e. The van der Waals surface area contributed by atoms with Crippen LogP contribution in [0.15, 0.2) is 41.8 Å². The minimum atomic E-state index is -0.527. The molecule has 1 aromatic heterocycles. The quantitative estimate of drug-likeness (QED) is 0.280. The Bertz CT molecular complexity index is 821. The van der Waals surface area contributed by atoms with Gasteiger partial charge < -0.3 is 14.9 Å². The molecule has 5 nitrogen and oxygen atoms in total. The van der Waals surface area contributed by atoms with E-state index in [1.807, 2.05) is 24.3 Å². The summed E-state index contributed by atoms with van der Waals surface area (Å²) in [5.41, 5.74) is -0.117. The van der Waals surface area contributed by atoms with Crippen molar-refractivity contribution in [3.63, 3.8) is 0 Å². The van der Waals surface area contributed by atoms with Crippen molar-refractivity contribution in [1.29, 1.82) is 5.26 Å². The summed E-state index contributed by atoms with van der Waals surface area (Å²) in [7, 11) is 1.40. The zero-order valence-corrected chi connectivity index (χ0v) is 19.7. The van der Waals surface area contributed by atoms with Gasteiger partial charge in [-0.1, -0.05) is 36.8 Å². The van der Waals surface area contributed by atoms with Gasteiger partial charge in [-0.15, -0.1) is 11.3 Å². The van der Waals surface area contributed by atoms with Crippen LogP contribution < -0.4 is 0 Å². The number of carbonyl (C=O) groups excluding carboxylic acids is 1. The molecule has 3 rings (SSSR count). The van der Waals surface area contributed by atoms with Gasteiger partial charge in [-0.3, -0.25) is 4.79 Å². The summed E-state index contributed by atoms with van der Waals surface area (Å²) in [6, 6.07) is 6.55. The van der Waals surface area contributed by atoms with Crippen LogP contribution in [0.2, 0.25) is 0 Å². The first-order valence-electron chi connectivity index (χ1n) is 11.7. The van der Waals surface area contributed by atoms with Crippen LogP contribution >= 0.6 is 11.3 Å². The van der Waals surface area contributed by atoms with E-state index in [2.05, 4.69) is 28.3 Å². The predicted molar refractivity (Wildman–Crippen MR) is 126 cm³/mol. The van der Waals surface area contributed by atoms with Gasteiger partial charge in [0.25, 0.3) is 0 Å². The molecule has 2 aliphatic carbocycles. The van der Waals surface area contributed by atoms with Crippen LogP contribution in [0.1, 0.15) is 62.7 Å². The molecule has 2 aliphatic rings. The highest BCUT2D eigenvalue weighted by molar-refractivity contribution is 7.10. The molecule has 0 bridgehead atoms. The van der Waals surface area contributed by atoms with Gasteiger partial charge in [0.2, 0.25) is 0 Å². The normalized spacial score (nSPS) is 27.9. The van der Waals surface area contributed by atoms with E-state index in [9.17, 15) is 20.3 Å². The second kappa shape index (κ2) is 11.8. The number of esters is 1. The molecule has 1 heterocycles. The lowest BCUT2D eigenvalue weighted by molar-refractivity contribution is -0.140. The van der Waals surface area contributed by atoms with Crippen molar-refractivity contribution in [2.24, 2.45) is 17.8 Å². The van der Waals surface area contributed by atoms with E-state index in [4.69, 9.17) is 0 Å². The summed E-state index contributed by atoms with van der Waals surface area (Å²) in [6.07, 6.45) is 14.1. The zero-order valence-electron chi connectivity index (χ0n) is 18.9. The molecule has 0 radical (unpaired) electrons. The maximum absolute atomic E-state index is 11.2. The number of aliphatic hydroxyl groups excluding tert-OH is 2. The average Bonchev–Trinajstić information content (AvgIpc) is 3.38. The molecule has 5 atom stereocenters. The molecule has 32 heavy (non-hydrogen) atoms. The lowest BCUT2D eigenvalue weighted by atomic mass is 9.63. The Morgan fingerprint density at radius 1 is 1.41 bits per heavy atom. The molecule has 2 saturated carbocycles. The monoisotopic (exact) mass is 457 g/mol. The minimum Gasteiger partial charge on any atom is -0.469 e. The highest BCUT2D eigenvalue weighted by Crippen LogP contribution is 2.49. The van der Waals surface area contributed by atoms with Gasteiger partial charge in [-0.2, -0.15) is 5.26 Å². The molecule has 0 aliphatic heterocycles. The van der Waals surface area contributed by atoms with Crippen molar-refractivity contribution in [3.8, 4) is 6.07 Å². The zero-order chi connectivity index (χ0) is 23.0. The smallest absolute Gasteiger partial charge is 0.305 e. The maximum atomic E-state index is 11.2. The van der Waals surface area contributed by atoms with Crippen LogP contribution in [0.4, 0.5) is 0 Å². The molecule has 1 aromatic rings. The molecular weight excluding hydrogens is 422 g/mol. The first-order chi connectivity index (χ1) is 15.5. The van der Waals surface area contributed by atoms with Crippen molar-refractivity contribution < 1.29 is 19.7 Å². The Kier molecular flexibility index (Phi) is 9.10. The first kappa shape index (κ1) is 24.7. The van der Waals surface area contributed by atoms with Crippen molar-refractivity contribution in [1.82, 2.24) is 0 Å². The van der Waals surface area contributed by atoms with Gasteiger partial charge in [0.1, 0.15) is 0 Å². The van der Waals surface area contributed by atoms with Crippen LogP contribution in [0, 0.1) is 29.1 Å². The average molecular weight is 458 g/mol. The van der Waals surface area contributed by atoms with E-state index in [-0.39, 0.29) is 29.1 Å². The Morgan fingerprint density at radius 3 is 2.84 bits per heavy atom. The Hall–Kier alpha value is -1.94. The first-order valence-corrected chi connectivity index (χ1v) is 12.6. The van der Waals surface area contributed by atoms with Crippen LogP contribution in [-0.2, 0) is 14.9 Å². The van der Waals surface area contributed by atoms with Crippen LogP contribution in [0.5, 0.6) is 0 Å². The van der Waals surface area contributed by atoms with Gasteiger partial charge in [0.05, 0.1) is 31.3 Å². The molecule has 2 unspecified atom stereocenters. The van der Waals surface area contributed by atoms with Crippen LogP contribution in [-0.4, -0.2) is 35.5 Å². The number of thiophene rings is 1. The van der Waals surface area contributed by atoms with Gasteiger partial charge in [-0.05, 0) is 62.3 Å². The highest BCUT2D eigenvalue weighted by Gasteiger charge is 2.45. The molecule has 2 fully saturated rings. The van der Waals surface area contributed by atoms with Gasteiger partial charge >= 0.3 is 5.97 Å². The number of rotatable bonds is 11. The summed E-state index contributed by atoms with van der Waals surface area (Å²) in [6.45, 7) is 0. The number of ether oxygens (including phenoxy) is 1. The van der Waals surface area contributed by atoms with Gasteiger partial charge in [0.15, 0.2) is 0 Å². The van der Waals surface area contributed by atoms with Crippen molar-refractivity contribution in [2.75, 3.05) is 7.11 Å². The number of carbonyl (C=O) groups is 1. The fourth-order valence-corrected chi connectivity index (χ4v) is 6.21. The molecule has 2 N–H and O–H groups in total. The topological polar surface area (TPSA) is 90.6 Å². The largest absolute Gasteiger partial charge is 0.469 e. The standard InChI is InChI=1S/C26H35NO4S/c1-31-25(30)13-5-3-2-4-9-20-19(18-27)17-22(28)21(20)10-6-11-23(29)26(14-8-15-26)24-12-7-16-32-24/h2,4,6-7,10,12,16,19-23,28-29H,3,5,8-9,11,13-15,17H2,1H3/b4-2-,10-6+/t19-,20-,21?,22+,23?/m0/s1. The van der Waals surface area contributed by atoms with E-state index in [1.165, 1.54) is 12.0 Å². The van der Waals surface area contributed by atoms with Gasteiger partial charge in [0, 0.05) is 22.6 Å². The molecule has 0 saturated heterocycles. The fraction of sp³-hybridized carbons (Fsp3) is 0.615. The molecule has 174 valence electrons. The molecular formula is C26H35NO4S. The summed E-state index contributed by atoms with van der Waals surface area (Å²) in [5.74, 6) is -0.383. The number of aliphatic hydroxyl groups is 2.